The quantitative estimate of drug-likeness (QED) is 0.474. The molecule has 17 heavy (non-hydrogen) atoms. The first-order valence-electron chi connectivity index (χ1n) is 3.72. The van der Waals surface area contributed by atoms with Crippen molar-refractivity contribution in [1.82, 2.24) is 4.98 Å². The smallest absolute Gasteiger partial charge is 0.358 e. The molecule has 0 N–H and O–H groups in total. The van der Waals surface area contributed by atoms with Gasteiger partial charge >= 0.3 is 12.2 Å². The standard InChI is InChI=1S/C6H2BrClF2N2O4S/c7-4-2(17(8,15)16)1-3(12(13)14)11-5(4)6(9)10/h1,6H. The Hall–Kier alpha value is -0.870. The zero-order valence-corrected chi connectivity index (χ0v) is 10.8. The van der Waals surface area contributed by atoms with Crippen LogP contribution in [0.1, 0.15) is 12.1 Å². The van der Waals surface area contributed by atoms with Crippen molar-refractivity contribution in [3.8, 4) is 0 Å². The van der Waals surface area contributed by atoms with Crippen LogP contribution in [0.25, 0.3) is 0 Å². The highest BCUT2D eigenvalue weighted by molar-refractivity contribution is 9.10. The summed E-state index contributed by atoms with van der Waals surface area (Å²) in [5.74, 6) is -1.03. The second-order valence-electron chi connectivity index (χ2n) is 2.67. The second kappa shape index (κ2) is 4.78. The van der Waals surface area contributed by atoms with Crippen LogP contribution >= 0.6 is 26.6 Å². The number of rotatable bonds is 3. The van der Waals surface area contributed by atoms with Gasteiger partial charge in [0.05, 0.1) is 10.5 Å². The van der Waals surface area contributed by atoms with Crippen LogP contribution in [-0.2, 0) is 9.05 Å². The lowest BCUT2D eigenvalue weighted by Gasteiger charge is -2.03. The number of aromatic nitrogens is 1. The molecule has 0 unspecified atom stereocenters. The van der Waals surface area contributed by atoms with Gasteiger partial charge in [0.15, 0.2) is 0 Å². The molecule has 1 heterocycles. The van der Waals surface area contributed by atoms with E-state index < -0.39 is 41.3 Å². The Bertz CT molecular complexity index is 580. The van der Waals surface area contributed by atoms with Gasteiger partial charge in [-0.05, 0) is 25.8 Å². The minimum atomic E-state index is -4.40. The van der Waals surface area contributed by atoms with Gasteiger partial charge in [0, 0.05) is 10.7 Å². The Labute approximate surface area is 106 Å². The summed E-state index contributed by atoms with van der Waals surface area (Å²) >= 11 is 2.57. The van der Waals surface area contributed by atoms with E-state index in [-0.39, 0.29) is 0 Å². The van der Waals surface area contributed by atoms with Gasteiger partial charge in [-0.1, -0.05) is 0 Å². The zero-order valence-electron chi connectivity index (χ0n) is 7.60. The molecule has 0 radical (unpaired) electrons. The van der Waals surface area contributed by atoms with Crippen molar-refractivity contribution in [2.45, 2.75) is 11.3 Å². The number of nitrogens with zero attached hydrogens (tertiary/aromatic N) is 2. The van der Waals surface area contributed by atoms with E-state index in [4.69, 9.17) is 10.7 Å². The second-order valence-corrected chi connectivity index (χ2v) is 6.00. The number of pyridine rings is 1. The largest absolute Gasteiger partial charge is 0.365 e. The van der Waals surface area contributed by atoms with Crippen LogP contribution < -0.4 is 0 Å². The van der Waals surface area contributed by atoms with Gasteiger partial charge in [-0.25, -0.2) is 17.2 Å². The minimum absolute atomic E-state index is 0.498. The Balaban J connectivity index is 3.67. The van der Waals surface area contributed by atoms with Crippen molar-refractivity contribution in [2.24, 2.45) is 0 Å². The first-order chi connectivity index (χ1) is 7.64. The minimum Gasteiger partial charge on any atom is -0.358 e. The average molecular weight is 352 g/mol. The Morgan fingerprint density at radius 3 is 2.41 bits per heavy atom. The monoisotopic (exact) mass is 350 g/mol. The summed E-state index contributed by atoms with van der Waals surface area (Å²) in [6.07, 6.45) is -3.18. The maximum atomic E-state index is 12.5. The third kappa shape index (κ3) is 3.07. The predicted molar refractivity (Wildman–Crippen MR) is 56.6 cm³/mol. The molecule has 1 aromatic rings. The van der Waals surface area contributed by atoms with Crippen molar-refractivity contribution in [1.29, 1.82) is 0 Å². The third-order valence-electron chi connectivity index (χ3n) is 1.59. The topological polar surface area (TPSA) is 90.2 Å². The summed E-state index contributed by atoms with van der Waals surface area (Å²) in [7, 11) is 0.566. The van der Waals surface area contributed by atoms with E-state index in [0.717, 1.165) is 0 Å². The number of hydrogen-bond donors (Lipinski definition) is 0. The first kappa shape index (κ1) is 14.2. The third-order valence-corrected chi connectivity index (χ3v) is 4.03. The number of alkyl halides is 2. The lowest BCUT2D eigenvalue weighted by atomic mass is 10.3. The molecule has 0 aliphatic carbocycles. The first-order valence-corrected chi connectivity index (χ1v) is 6.82. The molecule has 0 aliphatic heterocycles. The number of hydrogen-bond acceptors (Lipinski definition) is 5. The van der Waals surface area contributed by atoms with Gasteiger partial charge in [0.25, 0.3) is 9.05 Å². The Morgan fingerprint density at radius 1 is 1.53 bits per heavy atom. The van der Waals surface area contributed by atoms with Crippen molar-refractivity contribution in [3.05, 3.63) is 26.3 Å². The highest BCUT2D eigenvalue weighted by Gasteiger charge is 2.30. The van der Waals surface area contributed by atoms with Crippen LogP contribution in [0.4, 0.5) is 14.6 Å². The molecule has 0 bridgehead atoms. The predicted octanol–water partition coefficient (Wildman–Crippen LogP) is 2.62. The molecule has 11 heteroatoms. The molecule has 0 aromatic carbocycles. The van der Waals surface area contributed by atoms with Gasteiger partial charge < -0.3 is 10.1 Å². The highest BCUT2D eigenvalue weighted by atomic mass is 79.9. The lowest BCUT2D eigenvalue weighted by Crippen LogP contribution is -2.03. The van der Waals surface area contributed by atoms with Crippen LogP contribution in [0, 0.1) is 10.1 Å². The van der Waals surface area contributed by atoms with Gasteiger partial charge in [0.2, 0.25) is 5.69 Å². The SMILES string of the molecule is O=[N+]([O-])c1cc(S(=O)(=O)Cl)c(Br)c(C(F)F)n1. The van der Waals surface area contributed by atoms with E-state index >= 15 is 0 Å². The molecule has 0 aliphatic rings. The summed E-state index contributed by atoms with van der Waals surface area (Å²) < 4.78 is 46.5. The molecule has 94 valence electrons. The molecule has 0 fully saturated rings. The average Bonchev–Trinajstić information content (AvgIpc) is 2.15. The molecule has 0 atom stereocenters. The maximum absolute atomic E-state index is 12.5. The number of nitro groups is 1. The fourth-order valence-corrected chi connectivity index (χ4v) is 3.15. The van der Waals surface area contributed by atoms with Crippen LogP contribution in [0.5, 0.6) is 0 Å². The molecule has 6 nitrogen and oxygen atoms in total. The van der Waals surface area contributed by atoms with Crippen LogP contribution in [0.15, 0.2) is 15.4 Å². The zero-order chi connectivity index (χ0) is 13.4. The van der Waals surface area contributed by atoms with Crippen molar-refractivity contribution in [2.75, 3.05) is 0 Å². The molecule has 1 aromatic heterocycles. The number of halogens is 4. The molecule has 0 saturated carbocycles. The van der Waals surface area contributed by atoms with Crippen molar-refractivity contribution in [3.63, 3.8) is 0 Å². The fraction of sp³-hybridized carbons (Fsp3) is 0.167. The highest BCUT2D eigenvalue weighted by Crippen LogP contribution is 2.35. The molecular formula is C6H2BrClF2N2O4S. The van der Waals surface area contributed by atoms with Crippen molar-refractivity contribution < 1.29 is 22.1 Å². The van der Waals surface area contributed by atoms with Gasteiger partial charge in [-0.2, -0.15) is 0 Å². The Kier molecular flexibility index (Phi) is 3.99. The molecule has 0 spiro atoms. The molecule has 0 saturated heterocycles. The summed E-state index contributed by atoms with van der Waals surface area (Å²) in [4.78, 5) is 11.5. The normalized spacial score (nSPS) is 11.8. The van der Waals surface area contributed by atoms with E-state index in [1.807, 2.05) is 0 Å². The van der Waals surface area contributed by atoms with Gasteiger partial charge in [-0.3, -0.25) is 0 Å². The van der Waals surface area contributed by atoms with Gasteiger partial charge in [-0.15, -0.1) is 0 Å². The van der Waals surface area contributed by atoms with E-state index in [1.54, 1.807) is 0 Å². The lowest BCUT2D eigenvalue weighted by molar-refractivity contribution is -0.390. The summed E-state index contributed by atoms with van der Waals surface area (Å²) in [6.45, 7) is 0. The van der Waals surface area contributed by atoms with Crippen LogP contribution in [0.3, 0.4) is 0 Å². The Morgan fingerprint density at radius 2 is 2.06 bits per heavy atom. The van der Waals surface area contributed by atoms with E-state index in [1.165, 1.54) is 0 Å². The summed E-state index contributed by atoms with van der Waals surface area (Å²) in [6, 6.07) is 0.498. The fourth-order valence-electron chi connectivity index (χ4n) is 0.927. The van der Waals surface area contributed by atoms with E-state index in [9.17, 15) is 27.3 Å². The molecular weight excluding hydrogens is 349 g/mol. The van der Waals surface area contributed by atoms with Crippen LogP contribution in [-0.4, -0.2) is 18.3 Å². The van der Waals surface area contributed by atoms with Crippen LogP contribution in [0.2, 0.25) is 0 Å². The van der Waals surface area contributed by atoms with Gasteiger partial charge in [0.1, 0.15) is 4.90 Å². The van der Waals surface area contributed by atoms with E-state index in [0.29, 0.717) is 6.07 Å². The summed E-state index contributed by atoms with van der Waals surface area (Å²) in [5.41, 5.74) is -1.06. The van der Waals surface area contributed by atoms with E-state index in [2.05, 4.69) is 20.9 Å². The summed E-state index contributed by atoms with van der Waals surface area (Å²) in [5, 5.41) is 10.4. The molecule has 0 amide bonds. The maximum Gasteiger partial charge on any atom is 0.365 e. The molecule has 1 rings (SSSR count). The van der Waals surface area contributed by atoms with Crippen molar-refractivity contribution >= 4 is 41.5 Å².